The summed E-state index contributed by atoms with van der Waals surface area (Å²) in [6, 6.07) is 5.23. The number of carbonyl (C=O) groups excluding carboxylic acids is 1. The Balaban J connectivity index is 2.95. The lowest BCUT2D eigenvalue weighted by atomic mass is 10.3. The molecule has 0 aliphatic heterocycles. The molecule has 0 fully saturated rings. The van der Waals surface area contributed by atoms with Crippen molar-refractivity contribution in [1.29, 1.82) is 0 Å². The third-order valence-corrected chi connectivity index (χ3v) is 3.51. The molecular formula is C11H16N2O5S. The molecule has 2 amide bonds. The van der Waals surface area contributed by atoms with Gasteiger partial charge in [0, 0.05) is 14.2 Å². The molecule has 0 saturated carbocycles. The van der Waals surface area contributed by atoms with Gasteiger partial charge in [0.05, 0.1) is 6.61 Å². The molecule has 7 nitrogen and oxygen atoms in total. The summed E-state index contributed by atoms with van der Waals surface area (Å²) in [5.74, 6) is 0.163. The van der Waals surface area contributed by atoms with Crippen LogP contribution < -0.4 is 14.8 Å². The molecule has 2 N–H and O–H groups in total. The minimum atomic E-state index is -3.97. The van der Waals surface area contributed by atoms with Crippen molar-refractivity contribution in [3.8, 4) is 5.75 Å². The number of amides is 2. The number of benzene rings is 1. The maximum atomic E-state index is 12.0. The SMILES string of the molecule is CNC(=O)NS(=O)(=O)c1ccccc1OCCOC. The number of sulfonamides is 1. The average Bonchev–Trinajstić information content (AvgIpc) is 2.39. The number of nitrogens with one attached hydrogen (secondary N) is 2. The molecule has 0 aliphatic carbocycles. The van der Waals surface area contributed by atoms with Gasteiger partial charge in [0.2, 0.25) is 0 Å². The molecule has 0 unspecified atom stereocenters. The number of carbonyl (C=O) groups is 1. The predicted molar refractivity (Wildman–Crippen MR) is 68.6 cm³/mol. The standard InChI is InChI=1S/C11H16N2O5S/c1-12-11(14)13-19(15,16)10-6-4-3-5-9(10)18-8-7-17-2/h3-6H,7-8H2,1-2H3,(H2,12,13,14). The summed E-state index contributed by atoms with van der Waals surface area (Å²) >= 11 is 0. The molecule has 0 aliphatic rings. The number of rotatable bonds is 6. The van der Waals surface area contributed by atoms with Crippen LogP contribution in [0.5, 0.6) is 5.75 Å². The summed E-state index contributed by atoms with van der Waals surface area (Å²) in [4.78, 5) is 11.0. The fraction of sp³-hybridized carbons (Fsp3) is 0.364. The van der Waals surface area contributed by atoms with Crippen molar-refractivity contribution >= 4 is 16.1 Å². The van der Waals surface area contributed by atoms with E-state index >= 15 is 0 Å². The molecule has 1 aromatic carbocycles. The molecule has 0 bridgehead atoms. The number of hydrogen-bond acceptors (Lipinski definition) is 5. The van der Waals surface area contributed by atoms with Gasteiger partial charge in [0.1, 0.15) is 17.3 Å². The van der Waals surface area contributed by atoms with Crippen molar-refractivity contribution in [3.05, 3.63) is 24.3 Å². The molecule has 8 heteroatoms. The van der Waals surface area contributed by atoms with Crippen molar-refractivity contribution in [2.45, 2.75) is 4.90 Å². The summed E-state index contributed by atoms with van der Waals surface area (Å²) in [6.07, 6.45) is 0. The van der Waals surface area contributed by atoms with E-state index < -0.39 is 16.1 Å². The first-order valence-corrected chi connectivity index (χ1v) is 6.95. The first-order chi connectivity index (χ1) is 9.01. The van der Waals surface area contributed by atoms with Crippen LogP contribution in [0, 0.1) is 0 Å². The number of para-hydroxylation sites is 1. The molecule has 0 heterocycles. The van der Waals surface area contributed by atoms with Crippen LogP contribution in [-0.2, 0) is 14.8 Å². The fourth-order valence-electron chi connectivity index (χ4n) is 1.25. The van der Waals surface area contributed by atoms with E-state index in [0.717, 1.165) is 0 Å². The summed E-state index contributed by atoms with van der Waals surface area (Å²) in [6.45, 7) is 0.542. The Kier molecular flexibility index (Phi) is 5.58. The Morgan fingerprint density at radius 1 is 1.26 bits per heavy atom. The zero-order valence-corrected chi connectivity index (χ0v) is 11.5. The fourth-order valence-corrected chi connectivity index (χ4v) is 2.36. The zero-order chi connectivity index (χ0) is 14.3. The van der Waals surface area contributed by atoms with Crippen molar-refractivity contribution in [1.82, 2.24) is 10.0 Å². The summed E-state index contributed by atoms with van der Waals surface area (Å²) < 4.78 is 35.9. The molecule has 0 atom stereocenters. The van der Waals surface area contributed by atoms with Gasteiger partial charge in [0.15, 0.2) is 0 Å². The van der Waals surface area contributed by atoms with Crippen LogP contribution in [0.2, 0.25) is 0 Å². The molecule has 0 spiro atoms. The maximum absolute atomic E-state index is 12.0. The van der Waals surface area contributed by atoms with Crippen LogP contribution in [0.4, 0.5) is 4.79 Å². The Bertz CT molecular complexity index is 530. The van der Waals surface area contributed by atoms with Crippen LogP contribution in [0.3, 0.4) is 0 Å². The predicted octanol–water partition coefficient (Wildman–Crippen LogP) is 0.329. The van der Waals surface area contributed by atoms with Crippen molar-refractivity contribution in [2.24, 2.45) is 0 Å². The van der Waals surface area contributed by atoms with Gasteiger partial charge in [-0.25, -0.2) is 17.9 Å². The van der Waals surface area contributed by atoms with Crippen LogP contribution in [-0.4, -0.2) is 41.8 Å². The minimum Gasteiger partial charge on any atom is -0.490 e. The highest BCUT2D eigenvalue weighted by Crippen LogP contribution is 2.22. The molecule has 19 heavy (non-hydrogen) atoms. The largest absolute Gasteiger partial charge is 0.490 e. The van der Waals surface area contributed by atoms with Gasteiger partial charge in [-0.05, 0) is 12.1 Å². The Morgan fingerprint density at radius 2 is 1.95 bits per heavy atom. The Hall–Kier alpha value is -1.80. The molecule has 0 aromatic heterocycles. The van der Waals surface area contributed by atoms with Gasteiger partial charge in [-0.2, -0.15) is 0 Å². The second kappa shape index (κ2) is 6.95. The summed E-state index contributed by atoms with van der Waals surface area (Å²) in [7, 11) is -1.13. The normalized spacial score (nSPS) is 10.8. The molecular weight excluding hydrogens is 272 g/mol. The topological polar surface area (TPSA) is 93.7 Å². The smallest absolute Gasteiger partial charge is 0.328 e. The van der Waals surface area contributed by atoms with Crippen LogP contribution in [0.1, 0.15) is 0 Å². The van der Waals surface area contributed by atoms with Crippen LogP contribution in [0.15, 0.2) is 29.2 Å². The lowest BCUT2D eigenvalue weighted by Crippen LogP contribution is -2.37. The van der Waals surface area contributed by atoms with Gasteiger partial charge in [-0.1, -0.05) is 12.1 Å². The van der Waals surface area contributed by atoms with Gasteiger partial charge < -0.3 is 14.8 Å². The third-order valence-electron chi connectivity index (χ3n) is 2.14. The summed E-state index contributed by atoms with van der Waals surface area (Å²) in [5.41, 5.74) is 0. The molecule has 0 radical (unpaired) electrons. The van der Waals surface area contributed by atoms with Gasteiger partial charge in [0.25, 0.3) is 10.0 Å². The molecule has 106 valence electrons. The van der Waals surface area contributed by atoms with Crippen molar-refractivity contribution in [2.75, 3.05) is 27.4 Å². The Labute approximate surface area is 112 Å². The Morgan fingerprint density at radius 3 is 2.58 bits per heavy atom. The second-order valence-electron chi connectivity index (χ2n) is 3.47. The lowest BCUT2D eigenvalue weighted by molar-refractivity contribution is 0.144. The number of ether oxygens (including phenoxy) is 2. The maximum Gasteiger partial charge on any atom is 0.328 e. The number of methoxy groups -OCH3 is 1. The lowest BCUT2D eigenvalue weighted by Gasteiger charge is -2.12. The highest BCUT2D eigenvalue weighted by Gasteiger charge is 2.21. The van der Waals surface area contributed by atoms with E-state index in [9.17, 15) is 13.2 Å². The minimum absolute atomic E-state index is 0.102. The second-order valence-corrected chi connectivity index (χ2v) is 5.12. The highest BCUT2D eigenvalue weighted by atomic mass is 32.2. The summed E-state index contributed by atoms with van der Waals surface area (Å²) in [5, 5.41) is 2.17. The van der Waals surface area contributed by atoms with Gasteiger partial charge in [-0.15, -0.1) is 0 Å². The van der Waals surface area contributed by atoms with E-state index in [1.54, 1.807) is 12.1 Å². The molecule has 0 saturated heterocycles. The highest BCUT2D eigenvalue weighted by molar-refractivity contribution is 7.90. The molecule has 1 rings (SSSR count). The number of urea groups is 1. The van der Waals surface area contributed by atoms with Crippen LogP contribution in [0.25, 0.3) is 0 Å². The van der Waals surface area contributed by atoms with E-state index in [2.05, 4.69) is 5.32 Å². The van der Waals surface area contributed by atoms with E-state index in [1.807, 2.05) is 4.72 Å². The van der Waals surface area contributed by atoms with E-state index in [4.69, 9.17) is 9.47 Å². The average molecular weight is 288 g/mol. The van der Waals surface area contributed by atoms with Crippen molar-refractivity contribution in [3.63, 3.8) is 0 Å². The van der Waals surface area contributed by atoms with Crippen LogP contribution >= 0.6 is 0 Å². The molecule has 1 aromatic rings. The quantitative estimate of drug-likeness (QED) is 0.736. The first kappa shape index (κ1) is 15.3. The zero-order valence-electron chi connectivity index (χ0n) is 10.7. The monoisotopic (exact) mass is 288 g/mol. The van der Waals surface area contributed by atoms with Gasteiger partial charge >= 0.3 is 6.03 Å². The van der Waals surface area contributed by atoms with E-state index in [1.165, 1.54) is 26.3 Å². The van der Waals surface area contributed by atoms with E-state index in [0.29, 0.717) is 6.61 Å². The van der Waals surface area contributed by atoms with E-state index in [-0.39, 0.29) is 17.3 Å². The number of hydrogen-bond donors (Lipinski definition) is 2. The van der Waals surface area contributed by atoms with Crippen molar-refractivity contribution < 1.29 is 22.7 Å². The third kappa shape index (κ3) is 4.42. The first-order valence-electron chi connectivity index (χ1n) is 5.46. The van der Waals surface area contributed by atoms with Gasteiger partial charge in [-0.3, -0.25) is 0 Å².